The van der Waals surface area contributed by atoms with Gasteiger partial charge in [0.15, 0.2) is 0 Å². The highest BCUT2D eigenvalue weighted by Gasteiger charge is 2.14. The summed E-state index contributed by atoms with van der Waals surface area (Å²) in [5, 5.41) is 9.63. The Balaban J connectivity index is 3.25. The Labute approximate surface area is 87.5 Å². The molecule has 0 fully saturated rings. The SMILES string of the molecule is Cc1c(F)cc(Cl)c(O)c1CC(C)N. The second kappa shape index (κ2) is 4.15. The zero-order chi connectivity index (χ0) is 10.9. The van der Waals surface area contributed by atoms with E-state index in [0.29, 0.717) is 17.5 Å². The summed E-state index contributed by atoms with van der Waals surface area (Å²) in [5.41, 5.74) is 6.48. The predicted octanol–water partition coefficient (Wildman–Crippen LogP) is 2.38. The van der Waals surface area contributed by atoms with Crippen molar-refractivity contribution in [3.8, 4) is 5.75 Å². The molecular formula is C10H13ClFNO. The van der Waals surface area contributed by atoms with Crippen molar-refractivity contribution in [2.24, 2.45) is 5.73 Å². The van der Waals surface area contributed by atoms with Crippen molar-refractivity contribution in [1.82, 2.24) is 0 Å². The molecular weight excluding hydrogens is 205 g/mol. The van der Waals surface area contributed by atoms with Crippen LogP contribution < -0.4 is 5.73 Å². The third-order valence-corrected chi connectivity index (χ3v) is 2.39. The maximum Gasteiger partial charge on any atom is 0.137 e. The first kappa shape index (κ1) is 11.3. The molecule has 0 aliphatic carbocycles. The van der Waals surface area contributed by atoms with Crippen molar-refractivity contribution < 1.29 is 9.50 Å². The molecule has 78 valence electrons. The van der Waals surface area contributed by atoms with Crippen LogP contribution in [-0.4, -0.2) is 11.1 Å². The number of nitrogens with two attached hydrogens (primary N) is 1. The van der Waals surface area contributed by atoms with E-state index in [1.807, 2.05) is 0 Å². The molecule has 0 aliphatic heterocycles. The first-order valence-corrected chi connectivity index (χ1v) is 4.73. The maximum atomic E-state index is 13.2. The summed E-state index contributed by atoms with van der Waals surface area (Å²) >= 11 is 5.64. The standard InChI is InChI=1S/C10H13ClFNO/c1-5(13)3-7-6(2)9(12)4-8(11)10(7)14/h4-5,14H,3,13H2,1-2H3. The van der Waals surface area contributed by atoms with E-state index in [2.05, 4.69) is 0 Å². The van der Waals surface area contributed by atoms with Gasteiger partial charge < -0.3 is 10.8 Å². The number of benzene rings is 1. The highest BCUT2D eigenvalue weighted by molar-refractivity contribution is 6.32. The average Bonchev–Trinajstić information content (AvgIpc) is 2.09. The van der Waals surface area contributed by atoms with E-state index in [-0.39, 0.29) is 16.8 Å². The molecule has 4 heteroatoms. The number of phenolic OH excluding ortho intramolecular Hbond substituents is 1. The molecule has 14 heavy (non-hydrogen) atoms. The molecule has 0 heterocycles. The molecule has 0 amide bonds. The maximum absolute atomic E-state index is 13.2. The van der Waals surface area contributed by atoms with Crippen molar-refractivity contribution in [2.75, 3.05) is 0 Å². The van der Waals surface area contributed by atoms with Crippen molar-refractivity contribution in [2.45, 2.75) is 26.3 Å². The van der Waals surface area contributed by atoms with Crippen LogP contribution in [0, 0.1) is 12.7 Å². The molecule has 0 aliphatic rings. The van der Waals surface area contributed by atoms with E-state index < -0.39 is 5.82 Å². The van der Waals surface area contributed by atoms with E-state index >= 15 is 0 Å². The van der Waals surface area contributed by atoms with Crippen LogP contribution in [0.15, 0.2) is 6.07 Å². The lowest BCUT2D eigenvalue weighted by Crippen LogP contribution is -2.18. The molecule has 1 atom stereocenters. The molecule has 0 aromatic heterocycles. The lowest BCUT2D eigenvalue weighted by atomic mass is 10.0. The number of phenols is 1. The van der Waals surface area contributed by atoms with Gasteiger partial charge in [0.1, 0.15) is 11.6 Å². The minimum atomic E-state index is -0.413. The number of aromatic hydroxyl groups is 1. The van der Waals surface area contributed by atoms with E-state index in [0.717, 1.165) is 6.07 Å². The molecule has 1 unspecified atom stereocenters. The molecule has 2 nitrogen and oxygen atoms in total. The van der Waals surface area contributed by atoms with Crippen LogP contribution in [0.4, 0.5) is 4.39 Å². The quantitative estimate of drug-likeness (QED) is 0.799. The van der Waals surface area contributed by atoms with Crippen LogP contribution in [0.5, 0.6) is 5.75 Å². The minimum Gasteiger partial charge on any atom is -0.506 e. The fraction of sp³-hybridized carbons (Fsp3) is 0.400. The zero-order valence-corrected chi connectivity index (χ0v) is 8.90. The van der Waals surface area contributed by atoms with Crippen LogP contribution in [0.2, 0.25) is 5.02 Å². The van der Waals surface area contributed by atoms with Crippen molar-refractivity contribution >= 4 is 11.6 Å². The summed E-state index contributed by atoms with van der Waals surface area (Å²) < 4.78 is 13.2. The largest absolute Gasteiger partial charge is 0.506 e. The molecule has 0 spiro atoms. The van der Waals surface area contributed by atoms with Gasteiger partial charge in [0.05, 0.1) is 5.02 Å². The van der Waals surface area contributed by atoms with Crippen molar-refractivity contribution in [1.29, 1.82) is 0 Å². The van der Waals surface area contributed by atoms with Gasteiger partial charge in [-0.25, -0.2) is 4.39 Å². The molecule has 0 saturated carbocycles. The van der Waals surface area contributed by atoms with Crippen molar-refractivity contribution in [3.05, 3.63) is 28.0 Å². The van der Waals surface area contributed by atoms with Gasteiger partial charge >= 0.3 is 0 Å². The lowest BCUT2D eigenvalue weighted by molar-refractivity contribution is 0.461. The van der Waals surface area contributed by atoms with E-state index in [9.17, 15) is 9.50 Å². The summed E-state index contributed by atoms with van der Waals surface area (Å²) in [6.45, 7) is 3.39. The van der Waals surface area contributed by atoms with Gasteiger partial charge in [-0.05, 0) is 31.9 Å². The molecule has 1 rings (SSSR count). The molecule has 0 radical (unpaired) electrons. The Hall–Kier alpha value is -0.800. The van der Waals surface area contributed by atoms with Crippen molar-refractivity contribution in [3.63, 3.8) is 0 Å². The summed E-state index contributed by atoms with van der Waals surface area (Å²) in [7, 11) is 0. The minimum absolute atomic E-state index is 0.0313. The number of hydrogen-bond acceptors (Lipinski definition) is 2. The van der Waals surface area contributed by atoms with Gasteiger partial charge in [-0.1, -0.05) is 11.6 Å². The molecule has 0 bridgehead atoms. The molecule has 3 N–H and O–H groups in total. The van der Waals surface area contributed by atoms with Gasteiger partial charge in [-0.15, -0.1) is 0 Å². The Morgan fingerprint density at radius 2 is 2.21 bits per heavy atom. The van der Waals surface area contributed by atoms with Gasteiger partial charge in [-0.3, -0.25) is 0 Å². The third-order valence-electron chi connectivity index (χ3n) is 2.10. The first-order chi connectivity index (χ1) is 6.43. The Bertz CT molecular complexity index is 326. The molecule has 1 aromatic carbocycles. The molecule has 1 aromatic rings. The lowest BCUT2D eigenvalue weighted by Gasteiger charge is -2.12. The predicted molar refractivity (Wildman–Crippen MR) is 55.2 cm³/mol. The second-order valence-electron chi connectivity index (χ2n) is 3.47. The Morgan fingerprint density at radius 1 is 1.64 bits per heavy atom. The summed E-state index contributed by atoms with van der Waals surface area (Å²) in [6.07, 6.45) is 0.412. The van der Waals surface area contributed by atoms with Gasteiger partial charge in [-0.2, -0.15) is 0 Å². The summed E-state index contributed by atoms with van der Waals surface area (Å²) in [4.78, 5) is 0. The summed E-state index contributed by atoms with van der Waals surface area (Å²) in [5.74, 6) is -0.480. The highest BCUT2D eigenvalue weighted by atomic mass is 35.5. The van der Waals surface area contributed by atoms with E-state index in [1.54, 1.807) is 13.8 Å². The van der Waals surface area contributed by atoms with Crippen LogP contribution >= 0.6 is 11.6 Å². The van der Waals surface area contributed by atoms with Crippen LogP contribution in [0.25, 0.3) is 0 Å². The number of hydrogen-bond donors (Lipinski definition) is 2. The van der Waals surface area contributed by atoms with E-state index in [4.69, 9.17) is 17.3 Å². The zero-order valence-electron chi connectivity index (χ0n) is 8.14. The smallest absolute Gasteiger partial charge is 0.137 e. The Kier molecular flexibility index (Phi) is 3.34. The van der Waals surface area contributed by atoms with Crippen LogP contribution in [0.1, 0.15) is 18.1 Å². The number of rotatable bonds is 2. The van der Waals surface area contributed by atoms with E-state index in [1.165, 1.54) is 0 Å². The van der Waals surface area contributed by atoms with Gasteiger partial charge in [0.2, 0.25) is 0 Å². The topological polar surface area (TPSA) is 46.2 Å². The molecule has 0 saturated heterocycles. The van der Waals surface area contributed by atoms with Crippen LogP contribution in [-0.2, 0) is 6.42 Å². The van der Waals surface area contributed by atoms with Crippen LogP contribution in [0.3, 0.4) is 0 Å². The first-order valence-electron chi connectivity index (χ1n) is 4.35. The average molecular weight is 218 g/mol. The summed E-state index contributed by atoms with van der Waals surface area (Å²) in [6, 6.07) is 0.967. The fourth-order valence-electron chi connectivity index (χ4n) is 1.33. The number of halogens is 2. The fourth-order valence-corrected chi connectivity index (χ4v) is 1.54. The monoisotopic (exact) mass is 217 g/mol. The van der Waals surface area contributed by atoms with Gasteiger partial charge in [0, 0.05) is 11.6 Å². The highest BCUT2D eigenvalue weighted by Crippen LogP contribution is 2.32. The Morgan fingerprint density at radius 3 is 2.71 bits per heavy atom. The second-order valence-corrected chi connectivity index (χ2v) is 3.88. The normalized spacial score (nSPS) is 12.9. The van der Waals surface area contributed by atoms with Gasteiger partial charge in [0.25, 0.3) is 0 Å². The third kappa shape index (κ3) is 2.16.